The monoisotopic (exact) mass is 220 g/mol. The zero-order valence-corrected chi connectivity index (χ0v) is 9.97. The van der Waals surface area contributed by atoms with E-state index in [1.807, 2.05) is 13.8 Å². The average molecular weight is 220 g/mol. The van der Waals surface area contributed by atoms with Crippen molar-refractivity contribution in [3.63, 3.8) is 0 Å². The van der Waals surface area contributed by atoms with Crippen molar-refractivity contribution in [2.24, 2.45) is 5.73 Å². The second kappa shape index (κ2) is 6.95. The van der Waals surface area contributed by atoms with Crippen LogP contribution in [-0.4, -0.2) is 46.2 Å². The van der Waals surface area contributed by atoms with E-state index in [9.17, 15) is 9.00 Å². The van der Waals surface area contributed by atoms with Gasteiger partial charge in [0.2, 0.25) is 5.91 Å². The molecule has 0 spiro atoms. The van der Waals surface area contributed by atoms with Crippen LogP contribution in [0.25, 0.3) is 0 Å². The molecule has 0 aliphatic rings. The van der Waals surface area contributed by atoms with Crippen LogP contribution in [0, 0.1) is 0 Å². The first-order valence-electron chi connectivity index (χ1n) is 4.79. The van der Waals surface area contributed by atoms with E-state index < -0.39 is 10.8 Å². The maximum atomic E-state index is 11.5. The molecule has 0 fully saturated rings. The van der Waals surface area contributed by atoms with Crippen LogP contribution in [0.15, 0.2) is 0 Å². The number of nitrogens with two attached hydrogens (primary N) is 1. The van der Waals surface area contributed by atoms with Crippen molar-refractivity contribution in [1.29, 1.82) is 0 Å². The van der Waals surface area contributed by atoms with Crippen LogP contribution in [0.1, 0.15) is 20.3 Å². The van der Waals surface area contributed by atoms with Crippen LogP contribution in [0.2, 0.25) is 0 Å². The number of carbonyl (C=O) groups is 1. The molecular weight excluding hydrogens is 200 g/mol. The van der Waals surface area contributed by atoms with Gasteiger partial charge >= 0.3 is 0 Å². The molecule has 0 heterocycles. The number of amides is 1. The summed E-state index contributed by atoms with van der Waals surface area (Å²) < 4.78 is 11.3. The van der Waals surface area contributed by atoms with Gasteiger partial charge in [-0.2, -0.15) is 0 Å². The summed E-state index contributed by atoms with van der Waals surface area (Å²) in [5.74, 6) is 0.582. The van der Waals surface area contributed by atoms with Crippen LogP contribution in [0.3, 0.4) is 0 Å². The summed E-state index contributed by atoms with van der Waals surface area (Å²) in [5, 5.41) is 0. The summed E-state index contributed by atoms with van der Waals surface area (Å²) in [6, 6.07) is 0.161. The van der Waals surface area contributed by atoms with E-state index in [0.717, 1.165) is 0 Å². The smallest absolute Gasteiger partial charge is 0.235 e. The van der Waals surface area contributed by atoms with Crippen LogP contribution in [-0.2, 0) is 15.6 Å². The molecule has 5 heteroatoms. The fourth-order valence-electron chi connectivity index (χ4n) is 0.844. The molecule has 0 saturated carbocycles. The maximum Gasteiger partial charge on any atom is 0.235 e. The van der Waals surface area contributed by atoms with Gasteiger partial charge in [-0.15, -0.1) is 0 Å². The van der Waals surface area contributed by atoms with Gasteiger partial charge in [0.15, 0.2) is 0 Å². The summed E-state index contributed by atoms with van der Waals surface area (Å²) >= 11 is 0. The zero-order chi connectivity index (χ0) is 11.1. The first-order chi connectivity index (χ1) is 6.49. The molecule has 1 unspecified atom stereocenters. The Morgan fingerprint density at radius 2 is 2.07 bits per heavy atom. The highest BCUT2D eigenvalue weighted by Gasteiger charge is 2.14. The maximum absolute atomic E-state index is 11.5. The zero-order valence-electron chi connectivity index (χ0n) is 9.16. The second-order valence-electron chi connectivity index (χ2n) is 3.53. The molecule has 0 aromatic carbocycles. The lowest BCUT2D eigenvalue weighted by molar-refractivity contribution is -0.128. The van der Waals surface area contributed by atoms with Gasteiger partial charge in [0.25, 0.3) is 0 Å². The van der Waals surface area contributed by atoms with E-state index in [-0.39, 0.29) is 17.7 Å². The molecule has 0 aromatic rings. The molecule has 0 aliphatic heterocycles. The summed E-state index contributed by atoms with van der Waals surface area (Å²) in [5.41, 5.74) is 5.29. The molecular formula is C9H20N2O2S. The molecule has 0 radical (unpaired) electrons. The van der Waals surface area contributed by atoms with Crippen molar-refractivity contribution in [3.05, 3.63) is 0 Å². The Hall–Kier alpha value is -0.420. The van der Waals surface area contributed by atoms with E-state index in [4.69, 9.17) is 5.73 Å². The van der Waals surface area contributed by atoms with Crippen molar-refractivity contribution >= 4 is 16.7 Å². The molecule has 1 amide bonds. The number of hydrogen-bond donors (Lipinski definition) is 1. The van der Waals surface area contributed by atoms with Crippen LogP contribution < -0.4 is 5.73 Å². The highest BCUT2D eigenvalue weighted by Crippen LogP contribution is 1.97. The highest BCUT2D eigenvalue weighted by molar-refractivity contribution is 7.85. The second-order valence-corrected chi connectivity index (χ2v) is 5.11. The number of hydrogen-bond acceptors (Lipinski definition) is 3. The number of carbonyl (C=O) groups excluding carboxylic acids is 1. The first kappa shape index (κ1) is 13.6. The van der Waals surface area contributed by atoms with Gasteiger partial charge in [0.05, 0.1) is 0 Å². The number of rotatable bonds is 6. The minimum absolute atomic E-state index is 0.0599. The largest absolute Gasteiger partial charge is 0.343 e. The minimum Gasteiger partial charge on any atom is -0.343 e. The molecule has 0 rings (SSSR count). The van der Waals surface area contributed by atoms with Gasteiger partial charge in [0.1, 0.15) is 5.75 Å². The lowest BCUT2D eigenvalue weighted by Gasteiger charge is -2.21. The lowest BCUT2D eigenvalue weighted by Crippen LogP contribution is -2.36. The van der Waals surface area contributed by atoms with Gasteiger partial charge < -0.3 is 10.6 Å². The molecule has 0 saturated heterocycles. The molecule has 1 atom stereocenters. The predicted molar refractivity (Wildman–Crippen MR) is 59.5 cm³/mol. The third-order valence-corrected chi connectivity index (χ3v) is 3.34. The Morgan fingerprint density at radius 1 is 1.50 bits per heavy atom. The highest BCUT2D eigenvalue weighted by atomic mass is 32.2. The Kier molecular flexibility index (Phi) is 6.74. The van der Waals surface area contributed by atoms with Gasteiger partial charge in [-0.05, 0) is 26.8 Å². The summed E-state index contributed by atoms with van der Waals surface area (Å²) in [4.78, 5) is 13.1. The van der Waals surface area contributed by atoms with Gasteiger partial charge in [-0.25, -0.2) is 0 Å². The Labute approximate surface area is 88.3 Å². The van der Waals surface area contributed by atoms with E-state index in [1.165, 1.54) is 0 Å². The topological polar surface area (TPSA) is 63.4 Å². The van der Waals surface area contributed by atoms with Crippen molar-refractivity contribution in [3.8, 4) is 0 Å². The Balaban J connectivity index is 3.87. The third-order valence-electron chi connectivity index (χ3n) is 2.03. The summed E-state index contributed by atoms with van der Waals surface area (Å²) in [6.45, 7) is 4.39. The van der Waals surface area contributed by atoms with Crippen LogP contribution in [0.5, 0.6) is 0 Å². The SMILES string of the molecule is CC(C)N(C)C(=O)CS(=O)CCCN. The third kappa shape index (κ3) is 5.34. The molecule has 0 aromatic heterocycles. The van der Waals surface area contributed by atoms with Crippen molar-refractivity contribution in [2.45, 2.75) is 26.3 Å². The molecule has 14 heavy (non-hydrogen) atoms. The van der Waals surface area contributed by atoms with E-state index >= 15 is 0 Å². The van der Waals surface area contributed by atoms with Gasteiger partial charge in [-0.1, -0.05) is 0 Å². The van der Waals surface area contributed by atoms with E-state index in [1.54, 1.807) is 11.9 Å². The average Bonchev–Trinajstić information content (AvgIpc) is 2.13. The first-order valence-corrected chi connectivity index (χ1v) is 6.28. The van der Waals surface area contributed by atoms with Crippen molar-refractivity contribution < 1.29 is 9.00 Å². The fourth-order valence-corrected chi connectivity index (χ4v) is 1.96. The molecule has 0 bridgehead atoms. The normalized spacial score (nSPS) is 12.9. The van der Waals surface area contributed by atoms with E-state index in [2.05, 4.69) is 0 Å². The molecule has 2 N–H and O–H groups in total. The molecule has 0 aliphatic carbocycles. The Morgan fingerprint density at radius 3 is 2.50 bits per heavy atom. The van der Waals surface area contributed by atoms with Gasteiger partial charge in [0, 0.05) is 29.6 Å². The standard InChI is InChI=1S/C9H20N2O2S/c1-8(2)11(3)9(12)7-14(13)6-4-5-10/h8H,4-7,10H2,1-3H3. The van der Waals surface area contributed by atoms with E-state index in [0.29, 0.717) is 18.7 Å². The molecule has 4 nitrogen and oxygen atoms in total. The summed E-state index contributed by atoms with van der Waals surface area (Å²) in [6.07, 6.45) is 0.714. The Bertz CT molecular complexity index is 207. The fraction of sp³-hybridized carbons (Fsp3) is 0.889. The van der Waals surface area contributed by atoms with Gasteiger partial charge in [-0.3, -0.25) is 9.00 Å². The number of nitrogens with zero attached hydrogens (tertiary/aromatic N) is 1. The quantitative estimate of drug-likeness (QED) is 0.682. The van der Waals surface area contributed by atoms with Crippen molar-refractivity contribution in [1.82, 2.24) is 4.90 Å². The summed E-state index contributed by atoms with van der Waals surface area (Å²) in [7, 11) is 0.671. The van der Waals surface area contributed by atoms with Crippen molar-refractivity contribution in [2.75, 3.05) is 25.1 Å². The minimum atomic E-state index is -1.06. The van der Waals surface area contributed by atoms with Crippen LogP contribution >= 0.6 is 0 Å². The van der Waals surface area contributed by atoms with Crippen LogP contribution in [0.4, 0.5) is 0 Å². The molecule has 84 valence electrons. The lowest BCUT2D eigenvalue weighted by atomic mass is 10.3. The predicted octanol–water partition coefficient (Wildman–Crippen LogP) is -0.0493.